The summed E-state index contributed by atoms with van der Waals surface area (Å²) in [6, 6.07) is 8.11. The van der Waals surface area contributed by atoms with Gasteiger partial charge in [0.05, 0.1) is 47.0 Å². The highest BCUT2D eigenvalue weighted by Gasteiger charge is 2.49. The molecular weight excluding hydrogens is 1000 g/mol. The second-order valence-electron chi connectivity index (χ2n) is 19.6. The Bertz CT molecular complexity index is 3040. The summed E-state index contributed by atoms with van der Waals surface area (Å²) in [6.07, 6.45) is -10.5. The van der Waals surface area contributed by atoms with Crippen molar-refractivity contribution in [2.24, 2.45) is 11.8 Å². The van der Waals surface area contributed by atoms with Gasteiger partial charge < -0.3 is 69.7 Å². The van der Waals surface area contributed by atoms with E-state index in [1.165, 1.54) is 39.8 Å². The predicted octanol–water partition coefficient (Wildman–Crippen LogP) is 1.50. The summed E-state index contributed by atoms with van der Waals surface area (Å²) < 4.78 is 44.7. The Morgan fingerprint density at radius 2 is 1.76 bits per heavy atom. The van der Waals surface area contributed by atoms with Crippen LogP contribution < -0.4 is 21.3 Å². The lowest BCUT2D eigenvalue weighted by molar-refractivity contribution is -0.271. The van der Waals surface area contributed by atoms with Crippen LogP contribution in [-0.2, 0) is 74.9 Å². The molecule has 0 spiro atoms. The second-order valence-corrected chi connectivity index (χ2v) is 19.6. The van der Waals surface area contributed by atoms with Gasteiger partial charge in [-0.25, -0.2) is 23.8 Å². The number of hydrogen-bond donors (Lipinski definition) is 7. The molecule has 3 unspecified atom stereocenters. The van der Waals surface area contributed by atoms with Crippen LogP contribution in [0.1, 0.15) is 74.3 Å². The summed E-state index contributed by atoms with van der Waals surface area (Å²) in [6.45, 7) is 4.17. The number of aliphatic hydroxyl groups is 4. The lowest BCUT2D eigenvalue weighted by atomic mass is 9.86. The summed E-state index contributed by atoms with van der Waals surface area (Å²) in [5, 5.41) is 55.4. The molecule has 2 fully saturated rings. The number of cyclic esters (lactones) is 1. The van der Waals surface area contributed by atoms with Crippen molar-refractivity contribution in [3.63, 3.8) is 0 Å². The minimum atomic E-state index is -2.09. The number of esters is 1. The number of aliphatic hydroxyl groups excluding tert-OH is 3. The minimum Gasteiger partial charge on any atom is -0.479 e. The topological polar surface area (TPSA) is 332 Å². The molecule has 0 bridgehead atoms. The molecule has 4 amide bonds. The molecule has 4 aliphatic rings. The fourth-order valence-electron chi connectivity index (χ4n) is 9.63. The Labute approximate surface area is 433 Å². The van der Waals surface area contributed by atoms with Crippen LogP contribution in [0.4, 0.5) is 20.6 Å². The summed E-state index contributed by atoms with van der Waals surface area (Å²) in [4.78, 5) is 101. The van der Waals surface area contributed by atoms with Crippen LogP contribution in [0, 0.1) is 17.7 Å². The molecule has 8 rings (SSSR count). The molecule has 8 atom stereocenters. The van der Waals surface area contributed by atoms with Gasteiger partial charge in [0.1, 0.15) is 49.8 Å². The lowest BCUT2D eigenvalue weighted by Gasteiger charge is -2.38. The van der Waals surface area contributed by atoms with Gasteiger partial charge in [-0.15, -0.1) is 0 Å². The molecule has 2 aromatic heterocycles. The first kappa shape index (κ1) is 55.1. The average Bonchev–Trinajstić information content (AvgIpc) is 3.95. The van der Waals surface area contributed by atoms with Gasteiger partial charge in [0.25, 0.3) is 5.56 Å². The Balaban J connectivity index is 1.02. The molecule has 0 radical (unpaired) electrons. The molecule has 2 aromatic carbocycles. The van der Waals surface area contributed by atoms with Gasteiger partial charge in [-0.2, -0.15) is 0 Å². The maximum absolute atomic E-state index is 15.0. The number of carbonyl (C=O) groups is 6. The van der Waals surface area contributed by atoms with E-state index in [1.54, 1.807) is 21.0 Å². The van der Waals surface area contributed by atoms with Crippen LogP contribution in [0.15, 0.2) is 41.2 Å². The number of aromatic nitrogens is 2. The molecule has 25 heteroatoms. The number of nitrogen functional groups attached to an aromatic ring is 1. The first-order valence-corrected chi connectivity index (χ1v) is 24.6. The highest BCUT2D eigenvalue weighted by Crippen LogP contribution is 2.41. The number of carboxylic acids is 1. The number of amides is 4. The van der Waals surface area contributed by atoms with E-state index in [-0.39, 0.29) is 121 Å². The van der Waals surface area contributed by atoms with Gasteiger partial charge in [0, 0.05) is 61.0 Å². The summed E-state index contributed by atoms with van der Waals surface area (Å²) in [5.41, 5.74) is 5.28. The van der Waals surface area contributed by atoms with Gasteiger partial charge in [-0.3, -0.25) is 29.0 Å². The number of imide groups is 1. The van der Waals surface area contributed by atoms with E-state index < -0.39 is 90.1 Å². The molecule has 4 aromatic rings. The van der Waals surface area contributed by atoms with Gasteiger partial charge in [-0.05, 0) is 61.8 Å². The van der Waals surface area contributed by atoms with E-state index >= 15 is 4.39 Å². The number of benzene rings is 2. The van der Waals surface area contributed by atoms with Gasteiger partial charge in [0.2, 0.25) is 24.0 Å². The number of likely N-dealkylation sites (N-methyl/N-ethyl adjacent to an activating group) is 1. The number of rotatable bonds is 19. The van der Waals surface area contributed by atoms with Crippen LogP contribution in [-0.4, -0.2) is 157 Å². The van der Waals surface area contributed by atoms with E-state index in [1.807, 2.05) is 18.7 Å². The zero-order chi connectivity index (χ0) is 55.1. The summed E-state index contributed by atoms with van der Waals surface area (Å²) in [7, 11) is 3.57. The molecule has 2 saturated heterocycles. The average molecular weight is 1060 g/mol. The fraction of sp³-hybridized carbons (Fsp3) is 0.490. The van der Waals surface area contributed by atoms with Crippen molar-refractivity contribution in [3.05, 3.63) is 80.4 Å². The predicted molar refractivity (Wildman–Crippen MR) is 263 cm³/mol. The zero-order valence-electron chi connectivity index (χ0n) is 42.3. The standard InChI is InChI=1S/C51H60FN7O17/c1-6-24(3)26-16-39(61)58(45(26)65)11-10-38(60)54-35-14-25(8-9-37(35)75-48-43(64)41(62)42(63)44(76-48)47(67)68)20-74-50(70)57(13-12-56(4)5)23-72-21-29-27-15-33(53)32(52)18-34(27)55-40-28(29)19-59-36(40)17-31-30(46(59)66)22-73-49(69)51(31,71)7-2/h8-9,14-15,17-18,24,26,41-44,48,62-64,71H,6-7,10-13,16,19-23,53H2,1-5H3,(H,54,60)(H,67,68)/t24?,26?,41?,42-,43+,44-,48+,51-/m0/s1. The number of anilines is 2. The van der Waals surface area contributed by atoms with Crippen molar-refractivity contribution in [3.8, 4) is 17.1 Å². The molecule has 24 nitrogen and oxygen atoms in total. The van der Waals surface area contributed by atoms with Gasteiger partial charge in [-0.1, -0.05) is 33.3 Å². The number of nitrogens with one attached hydrogen (secondary N) is 1. The minimum absolute atomic E-state index is 0.0186. The van der Waals surface area contributed by atoms with Crippen LogP contribution >= 0.6 is 0 Å². The molecule has 0 saturated carbocycles. The SMILES string of the molecule is CCC(C)C1CC(=O)N(CCC(=O)Nc2cc(COC(=O)N(CCN(C)C)COCc3c4c(nc5cc(F)c(N)cc35)-c3cc5c(c(=O)n3C4)COC(=O)[C@]5(O)CC)ccc2O[C@@H]2O[C@H](C(=O)O)[C@@H](O)C(O)[C@H]2O)C1=O. The Kier molecular flexibility index (Phi) is 16.1. The molecule has 0 aliphatic carbocycles. The number of ether oxygens (including phenoxy) is 5. The number of likely N-dealkylation sites (tertiary alicyclic amines) is 1. The van der Waals surface area contributed by atoms with Crippen LogP contribution in [0.2, 0.25) is 0 Å². The molecular formula is C51H60FN7O17. The number of hydrogen-bond acceptors (Lipinski definition) is 19. The highest BCUT2D eigenvalue weighted by atomic mass is 19.1. The number of aliphatic carboxylic acids is 1. The summed E-state index contributed by atoms with van der Waals surface area (Å²) in [5.74, 6) is -5.60. The smallest absolute Gasteiger partial charge is 0.411 e. The number of halogens is 1. The Morgan fingerprint density at radius 1 is 1.01 bits per heavy atom. The quantitative estimate of drug-likeness (QED) is 0.0267. The third-order valence-corrected chi connectivity index (χ3v) is 14.4. The van der Waals surface area contributed by atoms with Crippen molar-refractivity contribution in [1.29, 1.82) is 0 Å². The van der Waals surface area contributed by atoms with Crippen molar-refractivity contribution in [1.82, 2.24) is 24.3 Å². The summed E-state index contributed by atoms with van der Waals surface area (Å²) >= 11 is 0. The van der Waals surface area contributed by atoms with Crippen LogP contribution in [0.5, 0.6) is 5.75 Å². The van der Waals surface area contributed by atoms with Crippen molar-refractivity contribution < 1.29 is 82.4 Å². The van der Waals surface area contributed by atoms with E-state index in [0.717, 1.165) is 11.0 Å². The van der Waals surface area contributed by atoms with Crippen LogP contribution in [0.25, 0.3) is 22.3 Å². The van der Waals surface area contributed by atoms with Gasteiger partial charge in [0.15, 0.2) is 11.7 Å². The molecule has 8 N–H and O–H groups in total. The number of pyridine rings is 2. The molecule has 4 aliphatic heterocycles. The normalized spacial score (nSPS) is 23.2. The second kappa shape index (κ2) is 22.2. The third-order valence-electron chi connectivity index (χ3n) is 14.4. The number of carboxylic acid groups (broad SMARTS) is 1. The first-order valence-electron chi connectivity index (χ1n) is 24.6. The highest BCUT2D eigenvalue weighted by molar-refractivity contribution is 6.04. The fourth-order valence-corrected chi connectivity index (χ4v) is 9.63. The Hall–Kier alpha value is -7.13. The number of carbonyl (C=O) groups excluding carboxylic acids is 5. The molecule has 76 heavy (non-hydrogen) atoms. The Morgan fingerprint density at radius 3 is 2.46 bits per heavy atom. The number of nitrogens with zero attached hydrogens (tertiary/aromatic N) is 5. The lowest BCUT2D eigenvalue weighted by Crippen LogP contribution is -2.61. The number of nitrogens with two attached hydrogens (primary N) is 1. The van der Waals surface area contributed by atoms with Crippen molar-refractivity contribution in [2.45, 2.75) is 109 Å². The third kappa shape index (κ3) is 10.7. The van der Waals surface area contributed by atoms with E-state index in [2.05, 4.69) is 5.32 Å². The van der Waals surface area contributed by atoms with Crippen molar-refractivity contribution in [2.75, 3.05) is 51.5 Å². The van der Waals surface area contributed by atoms with E-state index in [9.17, 15) is 59.1 Å². The first-order chi connectivity index (χ1) is 36.1. The largest absolute Gasteiger partial charge is 0.479 e. The van der Waals surface area contributed by atoms with E-state index in [0.29, 0.717) is 29.5 Å². The number of fused-ring (bicyclic) bond motifs is 5. The van der Waals surface area contributed by atoms with Gasteiger partial charge >= 0.3 is 18.0 Å². The molecule has 6 heterocycles. The van der Waals surface area contributed by atoms with Crippen molar-refractivity contribution >= 4 is 58.0 Å². The maximum atomic E-state index is 15.0. The van der Waals surface area contributed by atoms with Crippen LogP contribution in [0.3, 0.4) is 0 Å². The van der Waals surface area contributed by atoms with E-state index in [4.69, 9.17) is 34.4 Å². The maximum Gasteiger partial charge on any atom is 0.411 e. The zero-order valence-corrected chi connectivity index (χ0v) is 42.3. The molecule has 408 valence electrons. The monoisotopic (exact) mass is 1060 g/mol.